The molecule has 21 heavy (non-hydrogen) atoms. The average molecular weight is 318 g/mol. The van der Waals surface area contributed by atoms with Crippen molar-refractivity contribution in [3.05, 3.63) is 17.7 Å². The number of hydrogen-bond donors (Lipinski definition) is 2. The van der Waals surface area contributed by atoms with Crippen LogP contribution < -0.4 is 14.8 Å². The molecule has 1 fully saturated rings. The number of nitrogens with one attached hydrogen (secondary N) is 1. The van der Waals surface area contributed by atoms with E-state index in [0.717, 1.165) is 0 Å². The number of cyclic esters (lactones) is 1. The number of halogens is 1. The number of carbonyl (C=O) groups is 1. The van der Waals surface area contributed by atoms with Crippen molar-refractivity contribution < 1.29 is 24.1 Å². The smallest absolute Gasteiger partial charge is 0.407 e. The molecule has 1 atom stereocenters. The van der Waals surface area contributed by atoms with E-state index in [1.807, 2.05) is 13.8 Å². The number of ether oxygens (including phenoxy) is 3. The molecule has 0 saturated carbocycles. The Balaban J connectivity index is 0.00000220. The third kappa shape index (κ3) is 3.26. The van der Waals surface area contributed by atoms with Gasteiger partial charge < -0.3 is 24.6 Å². The van der Waals surface area contributed by atoms with Crippen LogP contribution >= 0.6 is 12.4 Å². The molecule has 0 aliphatic carbocycles. The van der Waals surface area contributed by atoms with E-state index in [1.54, 1.807) is 0 Å². The second-order valence-electron chi connectivity index (χ2n) is 5.41. The minimum absolute atomic E-state index is 0. The van der Waals surface area contributed by atoms with Crippen molar-refractivity contribution in [2.24, 2.45) is 5.41 Å². The van der Waals surface area contributed by atoms with Crippen LogP contribution in [0.15, 0.2) is 12.1 Å². The lowest BCUT2D eigenvalue weighted by Gasteiger charge is -2.39. The summed E-state index contributed by atoms with van der Waals surface area (Å²) in [5, 5.41) is 12.5. The number of methoxy groups -OCH3 is 2. The minimum atomic E-state index is -0.480. The zero-order valence-corrected chi connectivity index (χ0v) is 13.2. The molecule has 118 valence electrons. The fraction of sp³-hybridized carbons (Fsp3) is 0.500. The Labute approximate surface area is 129 Å². The highest BCUT2D eigenvalue weighted by atomic mass is 35.5. The number of carbonyl (C=O) groups excluding carboxylic acids is 1. The van der Waals surface area contributed by atoms with E-state index in [4.69, 9.17) is 14.2 Å². The largest absolute Gasteiger partial charge is 0.508 e. The first-order chi connectivity index (χ1) is 9.39. The molecule has 1 aliphatic heterocycles. The first-order valence-corrected chi connectivity index (χ1v) is 6.27. The van der Waals surface area contributed by atoms with Crippen LogP contribution in [0.25, 0.3) is 0 Å². The number of phenols is 1. The number of aromatic hydroxyl groups is 1. The Morgan fingerprint density at radius 3 is 2.29 bits per heavy atom. The zero-order valence-electron chi connectivity index (χ0n) is 12.4. The fourth-order valence-electron chi connectivity index (χ4n) is 2.36. The van der Waals surface area contributed by atoms with Gasteiger partial charge in [-0.2, -0.15) is 0 Å². The molecule has 1 amide bonds. The van der Waals surface area contributed by atoms with Gasteiger partial charge in [-0.1, -0.05) is 13.8 Å². The first-order valence-electron chi connectivity index (χ1n) is 6.27. The van der Waals surface area contributed by atoms with Gasteiger partial charge in [0.1, 0.15) is 23.9 Å². The van der Waals surface area contributed by atoms with Crippen molar-refractivity contribution >= 4 is 18.5 Å². The molecule has 0 unspecified atom stereocenters. The van der Waals surface area contributed by atoms with Gasteiger partial charge in [-0.3, -0.25) is 0 Å². The van der Waals surface area contributed by atoms with Crippen LogP contribution in [0.5, 0.6) is 17.2 Å². The van der Waals surface area contributed by atoms with Gasteiger partial charge in [0, 0.05) is 17.5 Å². The topological polar surface area (TPSA) is 77.0 Å². The molecule has 1 aromatic carbocycles. The van der Waals surface area contributed by atoms with E-state index in [-0.39, 0.29) is 36.2 Å². The third-order valence-corrected chi connectivity index (χ3v) is 3.44. The summed E-state index contributed by atoms with van der Waals surface area (Å²) in [6.45, 7) is 4.24. The molecule has 1 saturated heterocycles. The molecule has 1 aromatic rings. The quantitative estimate of drug-likeness (QED) is 0.896. The highest BCUT2D eigenvalue weighted by molar-refractivity contribution is 5.85. The molecule has 0 aromatic heterocycles. The van der Waals surface area contributed by atoms with E-state index in [0.29, 0.717) is 17.1 Å². The van der Waals surface area contributed by atoms with Gasteiger partial charge >= 0.3 is 6.09 Å². The second kappa shape index (κ2) is 6.30. The lowest BCUT2D eigenvalue weighted by atomic mass is 9.79. The number of alkyl carbamates (subject to hydrolysis) is 1. The maximum Gasteiger partial charge on any atom is 0.407 e. The maximum atomic E-state index is 11.5. The van der Waals surface area contributed by atoms with E-state index in [1.165, 1.54) is 26.4 Å². The van der Waals surface area contributed by atoms with Crippen molar-refractivity contribution in [2.45, 2.75) is 19.9 Å². The van der Waals surface area contributed by atoms with Gasteiger partial charge in [-0.05, 0) is 0 Å². The summed E-state index contributed by atoms with van der Waals surface area (Å²) < 4.78 is 15.7. The van der Waals surface area contributed by atoms with Crippen LogP contribution in [0.1, 0.15) is 25.5 Å². The number of rotatable bonds is 3. The van der Waals surface area contributed by atoms with Gasteiger partial charge in [0.2, 0.25) is 0 Å². The molecule has 1 aliphatic rings. The van der Waals surface area contributed by atoms with Crippen LogP contribution in [-0.2, 0) is 4.74 Å². The minimum Gasteiger partial charge on any atom is -0.508 e. The Kier molecular flexibility index (Phi) is 5.17. The maximum absolute atomic E-state index is 11.5. The highest BCUT2D eigenvalue weighted by Gasteiger charge is 2.41. The van der Waals surface area contributed by atoms with Crippen LogP contribution in [0.3, 0.4) is 0 Å². The fourth-order valence-corrected chi connectivity index (χ4v) is 2.36. The van der Waals surface area contributed by atoms with Gasteiger partial charge in [-0.15, -0.1) is 12.4 Å². The van der Waals surface area contributed by atoms with Crippen molar-refractivity contribution in [1.82, 2.24) is 5.32 Å². The Hall–Kier alpha value is -1.82. The number of benzene rings is 1. The van der Waals surface area contributed by atoms with Crippen molar-refractivity contribution in [3.8, 4) is 17.2 Å². The van der Waals surface area contributed by atoms with Gasteiger partial charge in [0.25, 0.3) is 0 Å². The first kappa shape index (κ1) is 17.2. The molecule has 6 nitrogen and oxygen atoms in total. The van der Waals surface area contributed by atoms with E-state index >= 15 is 0 Å². The van der Waals surface area contributed by atoms with Crippen molar-refractivity contribution in [3.63, 3.8) is 0 Å². The third-order valence-electron chi connectivity index (χ3n) is 3.44. The molecule has 0 bridgehead atoms. The zero-order chi connectivity index (χ0) is 14.9. The van der Waals surface area contributed by atoms with E-state index in [2.05, 4.69) is 5.32 Å². The summed E-state index contributed by atoms with van der Waals surface area (Å²) in [7, 11) is 3.01. The number of amides is 1. The highest BCUT2D eigenvalue weighted by Crippen LogP contribution is 2.46. The molecule has 2 N–H and O–H groups in total. The van der Waals surface area contributed by atoms with Crippen LogP contribution in [0, 0.1) is 5.41 Å². The van der Waals surface area contributed by atoms with Crippen molar-refractivity contribution in [1.29, 1.82) is 0 Å². The van der Waals surface area contributed by atoms with Crippen LogP contribution in [-0.4, -0.2) is 32.0 Å². The molecule has 0 spiro atoms. The van der Waals surface area contributed by atoms with E-state index in [9.17, 15) is 9.90 Å². The number of hydrogen-bond acceptors (Lipinski definition) is 5. The van der Waals surface area contributed by atoms with Gasteiger partial charge in [0.05, 0.1) is 25.8 Å². The Morgan fingerprint density at radius 1 is 1.29 bits per heavy atom. The lowest BCUT2D eigenvalue weighted by Crippen LogP contribution is -2.47. The van der Waals surface area contributed by atoms with Crippen LogP contribution in [0.2, 0.25) is 0 Å². The standard InChI is InChI=1S/C14H19NO5.ClH/c1-14(2)7-20-13(17)15-12(14)11-9(18-3)5-8(16)6-10(11)19-4;/h5-6,12,16H,7H2,1-4H3,(H,15,17);1H/t12-;/m1./s1. The summed E-state index contributed by atoms with van der Waals surface area (Å²) in [4.78, 5) is 11.5. The Morgan fingerprint density at radius 2 is 1.81 bits per heavy atom. The van der Waals surface area contributed by atoms with Gasteiger partial charge in [0.15, 0.2) is 0 Å². The number of phenolic OH excluding ortho intramolecular Hbond substituents is 1. The Bertz CT molecular complexity index is 507. The monoisotopic (exact) mass is 317 g/mol. The molecule has 1 heterocycles. The SMILES string of the molecule is COc1cc(O)cc(OC)c1[C@H]1NC(=O)OCC1(C)C.Cl. The van der Waals surface area contributed by atoms with Crippen LogP contribution in [0.4, 0.5) is 4.79 Å². The predicted molar refractivity (Wildman–Crippen MR) is 79.5 cm³/mol. The summed E-state index contributed by atoms with van der Waals surface area (Å²) in [6, 6.07) is 2.65. The molecule has 7 heteroatoms. The normalized spacial score (nSPS) is 19.8. The summed E-state index contributed by atoms with van der Waals surface area (Å²) in [5.41, 5.74) is 0.347. The lowest BCUT2D eigenvalue weighted by molar-refractivity contribution is 0.0374. The van der Waals surface area contributed by atoms with Crippen molar-refractivity contribution in [2.75, 3.05) is 20.8 Å². The predicted octanol–water partition coefficient (Wildman–Crippen LogP) is 2.64. The second-order valence-corrected chi connectivity index (χ2v) is 5.41. The molecule has 0 radical (unpaired) electrons. The van der Waals surface area contributed by atoms with Gasteiger partial charge in [-0.25, -0.2) is 4.79 Å². The average Bonchev–Trinajstić information content (AvgIpc) is 2.40. The summed E-state index contributed by atoms with van der Waals surface area (Å²) >= 11 is 0. The molecule has 2 rings (SSSR count). The van der Waals surface area contributed by atoms with E-state index < -0.39 is 6.09 Å². The molecular weight excluding hydrogens is 298 g/mol. The summed E-state index contributed by atoms with van der Waals surface area (Å²) in [6.07, 6.45) is -0.480. The summed E-state index contributed by atoms with van der Waals surface area (Å²) in [5.74, 6) is 0.961. The molecular formula is C14H20ClNO5.